The molecule has 0 bridgehead atoms. The summed E-state index contributed by atoms with van der Waals surface area (Å²) >= 11 is 0. The van der Waals surface area contributed by atoms with Crippen molar-refractivity contribution >= 4 is 17.3 Å². The number of methoxy groups -OCH3 is 1. The molecular formula is C36H36N2O11. The van der Waals surface area contributed by atoms with E-state index in [1.54, 1.807) is 31.2 Å². The number of nitrogens with one attached hydrogen (secondary N) is 1. The van der Waals surface area contributed by atoms with Crippen LogP contribution in [0.3, 0.4) is 0 Å². The van der Waals surface area contributed by atoms with Gasteiger partial charge in [0.25, 0.3) is 0 Å². The molecule has 3 aliphatic rings. The van der Waals surface area contributed by atoms with Gasteiger partial charge in [-0.2, -0.15) is 5.26 Å². The van der Waals surface area contributed by atoms with Crippen molar-refractivity contribution in [3.63, 3.8) is 0 Å². The van der Waals surface area contributed by atoms with Crippen molar-refractivity contribution < 1.29 is 53.8 Å². The Morgan fingerprint density at radius 1 is 1.08 bits per heavy atom. The molecule has 0 amide bonds. The number of hydrogen-bond acceptors (Lipinski definition) is 13. The Hall–Kier alpha value is -4.84. The number of para-hydroxylation sites is 1. The summed E-state index contributed by atoms with van der Waals surface area (Å²) < 4.78 is 23.3. The van der Waals surface area contributed by atoms with E-state index in [-0.39, 0.29) is 47.5 Å². The first-order valence-electron chi connectivity index (χ1n) is 15.8. The number of Topliss-reactive ketones (excluding diaryl/α,β-unsaturated/α-hetero) is 1. The lowest BCUT2D eigenvalue weighted by Gasteiger charge is -2.43. The van der Waals surface area contributed by atoms with E-state index < -0.39 is 88.7 Å². The highest BCUT2D eigenvalue weighted by Crippen LogP contribution is 2.52. The van der Waals surface area contributed by atoms with Crippen molar-refractivity contribution in [2.45, 2.75) is 75.4 Å². The predicted octanol–water partition coefficient (Wildman–Crippen LogP) is 2.63. The monoisotopic (exact) mass is 672 g/mol. The Balaban J connectivity index is 1.34. The predicted molar refractivity (Wildman–Crippen MR) is 171 cm³/mol. The van der Waals surface area contributed by atoms with E-state index >= 15 is 0 Å². The lowest BCUT2D eigenvalue weighted by molar-refractivity contribution is -0.250. The lowest BCUT2D eigenvalue weighted by atomic mass is 9.72. The molecule has 256 valence electrons. The normalized spacial score (nSPS) is 26.5. The number of aromatic hydroxyl groups is 2. The minimum Gasteiger partial charge on any atom is -0.507 e. The third-order valence-corrected chi connectivity index (χ3v) is 9.48. The summed E-state index contributed by atoms with van der Waals surface area (Å²) in [6.07, 6.45) is -5.18. The maximum Gasteiger partial charge on any atom is 0.202 e. The van der Waals surface area contributed by atoms with Crippen molar-refractivity contribution in [3.8, 4) is 29.1 Å². The standard InChI is InChI=1S/C36H36N2O11/c1-17-31(40)23(38-19(15-37)16-47-20-8-5-4-6-9-20)12-26(48-17)49-25-14-36(45,18(2)39)13-22-28(25)35(44)30-29(33(22)42)32(41)21-10-7-11-24(46-3)27(21)34(30)43/h4-11,17,19,23,25-26,31,38,40,42,44-45H,12-14,16H2,1-3H3/t17?,19?,23?,25-,26?,31?,36-/m0/s1. The van der Waals surface area contributed by atoms with Crippen molar-refractivity contribution in [1.29, 1.82) is 5.26 Å². The van der Waals surface area contributed by atoms with Gasteiger partial charge in [-0.3, -0.25) is 19.7 Å². The molecular weight excluding hydrogens is 636 g/mol. The van der Waals surface area contributed by atoms with Gasteiger partial charge < -0.3 is 39.4 Å². The molecule has 1 fully saturated rings. The minimum atomic E-state index is -2.07. The molecule has 5 unspecified atom stereocenters. The van der Waals surface area contributed by atoms with Gasteiger partial charge in [-0.1, -0.05) is 30.3 Å². The summed E-state index contributed by atoms with van der Waals surface area (Å²) in [5.74, 6) is -2.80. The number of aliphatic hydroxyl groups excluding tert-OH is 1. The number of nitriles is 1. The summed E-state index contributed by atoms with van der Waals surface area (Å²) in [7, 11) is 1.33. The number of benzene rings is 3. The molecule has 1 heterocycles. The van der Waals surface area contributed by atoms with E-state index in [9.17, 15) is 40.1 Å². The largest absolute Gasteiger partial charge is 0.507 e. The van der Waals surface area contributed by atoms with Gasteiger partial charge in [-0.15, -0.1) is 0 Å². The van der Waals surface area contributed by atoms with Crippen LogP contribution >= 0.6 is 0 Å². The second-order valence-corrected chi connectivity index (χ2v) is 12.5. The van der Waals surface area contributed by atoms with Crippen LogP contribution < -0.4 is 14.8 Å². The number of aliphatic hydroxyl groups is 2. The molecule has 3 aromatic carbocycles. The fourth-order valence-electron chi connectivity index (χ4n) is 6.87. The molecule has 0 aromatic heterocycles. The summed E-state index contributed by atoms with van der Waals surface area (Å²) in [6.45, 7) is 2.75. The molecule has 3 aromatic rings. The van der Waals surface area contributed by atoms with E-state index in [0.29, 0.717) is 5.75 Å². The summed E-state index contributed by atoms with van der Waals surface area (Å²) in [4.78, 5) is 40.3. The first kappa shape index (κ1) is 34.0. The second kappa shape index (κ2) is 13.2. The van der Waals surface area contributed by atoms with E-state index in [1.807, 2.05) is 6.07 Å². The summed E-state index contributed by atoms with van der Waals surface area (Å²) in [6, 6.07) is 13.9. The highest BCUT2D eigenvalue weighted by atomic mass is 16.7. The van der Waals surface area contributed by atoms with Crippen LogP contribution in [0.2, 0.25) is 0 Å². The lowest BCUT2D eigenvalue weighted by Crippen LogP contribution is -2.57. The zero-order chi connectivity index (χ0) is 35.2. The molecule has 49 heavy (non-hydrogen) atoms. The average Bonchev–Trinajstić information content (AvgIpc) is 3.08. The average molecular weight is 673 g/mol. The topological polar surface area (TPSA) is 205 Å². The van der Waals surface area contributed by atoms with E-state index in [1.165, 1.54) is 32.2 Å². The fourth-order valence-corrected chi connectivity index (χ4v) is 6.87. The van der Waals surface area contributed by atoms with E-state index in [0.717, 1.165) is 0 Å². The van der Waals surface area contributed by atoms with Gasteiger partial charge in [0, 0.05) is 42.0 Å². The van der Waals surface area contributed by atoms with Crippen LogP contribution in [-0.2, 0) is 20.7 Å². The Morgan fingerprint density at radius 2 is 1.80 bits per heavy atom. The molecule has 0 radical (unpaired) electrons. The Labute approximate surface area is 281 Å². The molecule has 0 spiro atoms. The maximum absolute atomic E-state index is 13.9. The number of phenols is 2. The Morgan fingerprint density at radius 3 is 2.47 bits per heavy atom. The number of nitrogens with zero attached hydrogens (tertiary/aromatic N) is 1. The van der Waals surface area contributed by atoms with Gasteiger partial charge >= 0.3 is 0 Å². The first-order valence-corrected chi connectivity index (χ1v) is 15.8. The van der Waals surface area contributed by atoms with E-state index in [2.05, 4.69) is 11.4 Å². The van der Waals surface area contributed by atoms with Crippen molar-refractivity contribution in [1.82, 2.24) is 5.32 Å². The Bertz CT molecular complexity index is 1860. The SMILES string of the molecule is COc1cccc2c1C(=O)c1c(O)c3c(c(O)c1C2=O)C[C@@](O)(C(C)=O)C[C@@H]3OC1CC(NC(C#N)COc2ccccc2)C(O)C(C)O1. The van der Waals surface area contributed by atoms with Crippen LogP contribution in [0.5, 0.6) is 23.0 Å². The Kier molecular flexibility index (Phi) is 9.19. The minimum absolute atomic E-state index is 0.0148. The second-order valence-electron chi connectivity index (χ2n) is 12.5. The third-order valence-electron chi connectivity index (χ3n) is 9.48. The number of carbonyl (C=O) groups is 3. The number of carbonyl (C=O) groups excluding carboxylic acids is 3. The number of rotatable bonds is 9. The van der Waals surface area contributed by atoms with Gasteiger partial charge in [0.15, 0.2) is 17.9 Å². The molecule has 1 saturated heterocycles. The maximum atomic E-state index is 13.9. The van der Waals surface area contributed by atoms with Gasteiger partial charge in [0.1, 0.15) is 41.2 Å². The van der Waals surface area contributed by atoms with Crippen LogP contribution in [0.15, 0.2) is 48.5 Å². The van der Waals surface area contributed by atoms with Crippen LogP contribution in [0.4, 0.5) is 0 Å². The quantitative estimate of drug-likeness (QED) is 0.162. The van der Waals surface area contributed by atoms with Crippen LogP contribution in [0, 0.1) is 11.3 Å². The number of fused-ring (bicyclic) bond motifs is 3. The van der Waals surface area contributed by atoms with Gasteiger partial charge in [0.05, 0.1) is 48.2 Å². The molecule has 6 rings (SSSR count). The van der Waals surface area contributed by atoms with E-state index in [4.69, 9.17) is 18.9 Å². The molecule has 13 heteroatoms. The number of phenolic OH excluding ortho intramolecular Hbond substituents is 2. The number of ether oxygens (including phenoxy) is 4. The molecule has 0 saturated carbocycles. The van der Waals surface area contributed by atoms with Crippen molar-refractivity contribution in [3.05, 3.63) is 81.9 Å². The van der Waals surface area contributed by atoms with Gasteiger partial charge in [-0.05, 0) is 32.0 Å². The molecule has 7 atom stereocenters. The number of hydrogen-bond donors (Lipinski definition) is 5. The smallest absolute Gasteiger partial charge is 0.202 e. The number of ketones is 3. The van der Waals surface area contributed by atoms with Crippen LogP contribution in [0.1, 0.15) is 75.8 Å². The summed E-state index contributed by atoms with van der Waals surface area (Å²) in [5, 5.41) is 58.6. The van der Waals surface area contributed by atoms with Gasteiger partial charge in [-0.25, -0.2) is 0 Å². The van der Waals surface area contributed by atoms with Crippen LogP contribution in [-0.4, -0.2) is 87.7 Å². The molecule has 13 nitrogen and oxygen atoms in total. The van der Waals surface area contributed by atoms with Gasteiger partial charge in [0.2, 0.25) is 5.78 Å². The highest BCUT2D eigenvalue weighted by molar-refractivity contribution is 6.31. The fraction of sp³-hybridized carbons (Fsp3) is 0.389. The van der Waals surface area contributed by atoms with Crippen molar-refractivity contribution in [2.75, 3.05) is 13.7 Å². The summed E-state index contributed by atoms with van der Waals surface area (Å²) in [5.41, 5.74) is -3.31. The molecule has 2 aliphatic carbocycles. The van der Waals surface area contributed by atoms with Crippen molar-refractivity contribution in [2.24, 2.45) is 0 Å². The zero-order valence-corrected chi connectivity index (χ0v) is 27.0. The molecule has 5 N–H and O–H groups in total. The zero-order valence-electron chi connectivity index (χ0n) is 27.0. The first-order chi connectivity index (χ1) is 23.4. The highest BCUT2D eigenvalue weighted by Gasteiger charge is 2.49. The third kappa shape index (κ3) is 6.03. The molecule has 1 aliphatic heterocycles. The van der Waals surface area contributed by atoms with Crippen LogP contribution in [0.25, 0.3) is 0 Å².